The molecule has 0 aliphatic heterocycles. The number of hydrogen-bond acceptors (Lipinski definition) is 5. The van der Waals surface area contributed by atoms with Crippen LogP contribution in [0.5, 0.6) is 0 Å². The van der Waals surface area contributed by atoms with Crippen molar-refractivity contribution in [3.05, 3.63) is 24.3 Å². The summed E-state index contributed by atoms with van der Waals surface area (Å²) in [6, 6.07) is -0.564. The third-order valence-corrected chi connectivity index (χ3v) is 15.0. The molecular formula is C65H125NO5. The van der Waals surface area contributed by atoms with E-state index in [-0.39, 0.29) is 18.5 Å². The molecule has 0 radical (unpaired) electrons. The highest BCUT2D eigenvalue weighted by molar-refractivity contribution is 5.76. The van der Waals surface area contributed by atoms with Crippen LogP contribution in [0, 0.1) is 0 Å². The summed E-state index contributed by atoms with van der Waals surface area (Å²) in [6.45, 7) is 4.93. The van der Waals surface area contributed by atoms with Crippen molar-refractivity contribution >= 4 is 11.9 Å². The normalized spacial score (nSPS) is 12.7. The van der Waals surface area contributed by atoms with Crippen molar-refractivity contribution in [3.63, 3.8) is 0 Å². The predicted octanol–water partition coefficient (Wildman–Crippen LogP) is 20.2. The van der Waals surface area contributed by atoms with E-state index in [0.29, 0.717) is 25.9 Å². The Morgan fingerprint density at radius 1 is 0.380 bits per heavy atom. The highest BCUT2D eigenvalue weighted by Gasteiger charge is 2.20. The summed E-state index contributed by atoms with van der Waals surface area (Å²) in [5.41, 5.74) is 0. The average molecular weight is 1000 g/mol. The number of hydrogen-bond donors (Lipinski definition) is 3. The van der Waals surface area contributed by atoms with Gasteiger partial charge < -0.3 is 20.3 Å². The Labute approximate surface area is 443 Å². The van der Waals surface area contributed by atoms with Crippen LogP contribution in [0.25, 0.3) is 0 Å². The molecule has 0 saturated carbocycles. The van der Waals surface area contributed by atoms with Crippen molar-refractivity contribution in [1.29, 1.82) is 0 Å². The molecule has 3 N–H and O–H groups in total. The van der Waals surface area contributed by atoms with Gasteiger partial charge in [0, 0.05) is 12.8 Å². The van der Waals surface area contributed by atoms with Crippen molar-refractivity contribution in [2.45, 2.75) is 366 Å². The van der Waals surface area contributed by atoms with Gasteiger partial charge in [-0.15, -0.1) is 0 Å². The first-order valence-corrected chi connectivity index (χ1v) is 32.1. The van der Waals surface area contributed by atoms with Crippen LogP contribution in [-0.4, -0.2) is 47.4 Å². The van der Waals surface area contributed by atoms with Crippen molar-refractivity contribution in [1.82, 2.24) is 5.32 Å². The molecule has 6 heteroatoms. The quantitative estimate of drug-likeness (QED) is 0.0320. The second-order valence-corrected chi connectivity index (χ2v) is 22.1. The van der Waals surface area contributed by atoms with E-state index in [1.165, 1.54) is 250 Å². The molecule has 71 heavy (non-hydrogen) atoms. The van der Waals surface area contributed by atoms with Crippen LogP contribution in [0.4, 0.5) is 0 Å². The number of carbonyl (C=O) groups is 2. The molecule has 420 valence electrons. The second kappa shape index (κ2) is 60.9. The number of aliphatic hydroxyl groups excluding tert-OH is 2. The number of rotatable bonds is 60. The van der Waals surface area contributed by atoms with Crippen molar-refractivity contribution in [3.8, 4) is 0 Å². The number of nitrogens with one attached hydrogen (secondary N) is 1. The first kappa shape index (κ1) is 69.3. The zero-order valence-electron chi connectivity index (χ0n) is 48.0. The zero-order chi connectivity index (χ0) is 51.4. The molecule has 0 aromatic heterocycles. The number of carbonyl (C=O) groups excluding carboxylic acids is 2. The molecule has 0 spiro atoms. The Hall–Kier alpha value is -1.66. The van der Waals surface area contributed by atoms with Crippen LogP contribution in [0.1, 0.15) is 354 Å². The Morgan fingerprint density at radius 3 is 1.01 bits per heavy atom. The number of unbranched alkanes of at least 4 members (excludes halogenated alkanes) is 45. The maximum atomic E-state index is 12.5. The van der Waals surface area contributed by atoms with Gasteiger partial charge in [-0.3, -0.25) is 9.59 Å². The van der Waals surface area contributed by atoms with E-state index >= 15 is 0 Å². The standard InChI is InChI=1S/C65H125NO5/c1-3-5-7-9-11-13-15-17-19-21-22-23-24-25-26-27-28-29-30-33-37-41-45-49-53-57-63(68)62(61-67)66-64(69)58-54-50-46-42-38-34-32-36-40-44-48-52-56-60-71-65(70)59-55-51-47-43-39-35-31-20-18-16-14-12-10-8-6-4-2/h20,31,34,38,62-63,67-68H,3-19,21-30,32-33,35-37,39-61H2,1-2H3,(H,66,69)/b31-20-,38-34-. The van der Waals surface area contributed by atoms with Gasteiger partial charge in [-0.25, -0.2) is 0 Å². The summed E-state index contributed by atoms with van der Waals surface area (Å²) < 4.78 is 5.47. The van der Waals surface area contributed by atoms with Crippen LogP contribution in [-0.2, 0) is 14.3 Å². The van der Waals surface area contributed by atoms with Gasteiger partial charge in [0.05, 0.1) is 25.4 Å². The van der Waals surface area contributed by atoms with Crippen LogP contribution in [0.15, 0.2) is 24.3 Å². The minimum atomic E-state index is -0.683. The molecule has 0 fully saturated rings. The highest BCUT2D eigenvalue weighted by Crippen LogP contribution is 2.18. The molecule has 0 aromatic rings. The largest absolute Gasteiger partial charge is 0.466 e. The van der Waals surface area contributed by atoms with Crippen molar-refractivity contribution in [2.24, 2.45) is 0 Å². The minimum Gasteiger partial charge on any atom is -0.466 e. The molecule has 2 atom stereocenters. The Bertz CT molecular complexity index is 1110. The van der Waals surface area contributed by atoms with Gasteiger partial charge in [-0.2, -0.15) is 0 Å². The van der Waals surface area contributed by atoms with Crippen LogP contribution >= 0.6 is 0 Å². The topological polar surface area (TPSA) is 95.9 Å². The molecule has 0 aliphatic rings. The van der Waals surface area contributed by atoms with E-state index in [1.807, 2.05) is 0 Å². The SMILES string of the molecule is CCCCCCCCC/C=C\CCCCCCCC(=O)OCCCCCCCC/C=C\CCCCCC(=O)NC(CO)C(O)CCCCCCCCCCCCCCCCCCCCCCCCCCC. The van der Waals surface area contributed by atoms with Gasteiger partial charge in [-0.1, -0.05) is 289 Å². The Morgan fingerprint density at radius 2 is 0.662 bits per heavy atom. The summed E-state index contributed by atoms with van der Waals surface area (Å²) in [5.74, 6) is -0.0803. The molecular weight excluding hydrogens is 875 g/mol. The Balaban J connectivity index is 3.47. The lowest BCUT2D eigenvalue weighted by Gasteiger charge is -2.22. The lowest BCUT2D eigenvalue weighted by Crippen LogP contribution is -2.45. The van der Waals surface area contributed by atoms with E-state index in [0.717, 1.165) is 70.6 Å². The van der Waals surface area contributed by atoms with Gasteiger partial charge in [0.15, 0.2) is 0 Å². The predicted molar refractivity (Wildman–Crippen MR) is 310 cm³/mol. The third kappa shape index (κ3) is 57.5. The number of amides is 1. The third-order valence-electron chi connectivity index (χ3n) is 15.0. The van der Waals surface area contributed by atoms with Crippen LogP contribution in [0.2, 0.25) is 0 Å². The lowest BCUT2D eigenvalue weighted by molar-refractivity contribution is -0.143. The van der Waals surface area contributed by atoms with Gasteiger partial charge in [0.2, 0.25) is 5.91 Å². The fourth-order valence-corrected chi connectivity index (χ4v) is 10.0. The average Bonchev–Trinajstić information content (AvgIpc) is 3.37. The van der Waals surface area contributed by atoms with Gasteiger partial charge >= 0.3 is 5.97 Å². The van der Waals surface area contributed by atoms with E-state index in [2.05, 4.69) is 43.5 Å². The molecule has 6 nitrogen and oxygen atoms in total. The Kier molecular flexibility index (Phi) is 59.5. The first-order chi connectivity index (χ1) is 35.0. The van der Waals surface area contributed by atoms with E-state index < -0.39 is 12.1 Å². The van der Waals surface area contributed by atoms with Crippen molar-refractivity contribution < 1.29 is 24.5 Å². The van der Waals surface area contributed by atoms with E-state index in [9.17, 15) is 19.8 Å². The van der Waals surface area contributed by atoms with Gasteiger partial charge in [0.1, 0.15) is 0 Å². The molecule has 2 unspecified atom stereocenters. The summed E-state index contributed by atoms with van der Waals surface area (Å²) in [4.78, 5) is 24.6. The summed E-state index contributed by atoms with van der Waals surface area (Å²) in [5, 5.41) is 23.4. The van der Waals surface area contributed by atoms with E-state index in [4.69, 9.17) is 4.74 Å². The molecule has 0 rings (SSSR count). The minimum absolute atomic E-state index is 0.0188. The molecule has 0 heterocycles. The summed E-state index contributed by atoms with van der Waals surface area (Å²) in [6.07, 6.45) is 74.8. The summed E-state index contributed by atoms with van der Waals surface area (Å²) in [7, 11) is 0. The first-order valence-electron chi connectivity index (χ1n) is 32.1. The number of esters is 1. The van der Waals surface area contributed by atoms with Crippen LogP contribution in [0.3, 0.4) is 0 Å². The molecule has 0 bridgehead atoms. The maximum Gasteiger partial charge on any atom is 0.305 e. The van der Waals surface area contributed by atoms with Crippen molar-refractivity contribution in [2.75, 3.05) is 13.2 Å². The molecule has 1 amide bonds. The smallest absolute Gasteiger partial charge is 0.305 e. The zero-order valence-corrected chi connectivity index (χ0v) is 48.0. The van der Waals surface area contributed by atoms with Crippen LogP contribution < -0.4 is 5.32 Å². The van der Waals surface area contributed by atoms with Gasteiger partial charge in [0.25, 0.3) is 0 Å². The molecule has 0 aromatic carbocycles. The summed E-state index contributed by atoms with van der Waals surface area (Å²) >= 11 is 0. The number of aliphatic hydroxyl groups is 2. The lowest BCUT2D eigenvalue weighted by atomic mass is 10.0. The fourth-order valence-electron chi connectivity index (χ4n) is 10.0. The number of allylic oxidation sites excluding steroid dienone is 4. The highest BCUT2D eigenvalue weighted by atomic mass is 16.5. The van der Waals surface area contributed by atoms with E-state index in [1.54, 1.807) is 0 Å². The molecule has 0 aliphatic carbocycles. The monoisotopic (exact) mass is 1000 g/mol. The number of ether oxygens (including phenoxy) is 1. The second-order valence-electron chi connectivity index (χ2n) is 22.1. The van der Waals surface area contributed by atoms with Gasteiger partial charge in [-0.05, 0) is 77.0 Å². The fraction of sp³-hybridized carbons (Fsp3) is 0.908. The molecule has 0 saturated heterocycles. The maximum absolute atomic E-state index is 12.5.